The lowest BCUT2D eigenvalue weighted by molar-refractivity contribution is -0.917. The normalized spacial score (nSPS) is 14.8. The van der Waals surface area contributed by atoms with Crippen molar-refractivity contribution in [1.29, 1.82) is 0 Å². The molecular formula is C19H20ClFN3O4+. The van der Waals surface area contributed by atoms with Crippen molar-refractivity contribution in [3.05, 3.63) is 68.5 Å². The molecular weight excluding hydrogens is 389 g/mol. The van der Waals surface area contributed by atoms with Crippen LogP contribution in [0.5, 0.6) is 5.75 Å². The number of quaternary nitrogens is 1. The van der Waals surface area contributed by atoms with Gasteiger partial charge in [-0.1, -0.05) is 11.6 Å². The van der Waals surface area contributed by atoms with Crippen molar-refractivity contribution >= 4 is 23.2 Å². The zero-order valence-electron chi connectivity index (χ0n) is 15.3. The zero-order chi connectivity index (χ0) is 20.3. The van der Waals surface area contributed by atoms with Gasteiger partial charge in [-0.2, -0.15) is 0 Å². The third kappa shape index (κ3) is 4.40. The van der Waals surface area contributed by atoms with E-state index in [-0.39, 0.29) is 28.0 Å². The number of piperazine rings is 1. The summed E-state index contributed by atoms with van der Waals surface area (Å²) in [5, 5.41) is 10.9. The number of carbonyl (C=O) groups is 1. The summed E-state index contributed by atoms with van der Waals surface area (Å²) >= 11 is 6.07. The molecule has 0 unspecified atom stereocenters. The van der Waals surface area contributed by atoms with Crippen molar-refractivity contribution in [1.82, 2.24) is 4.90 Å². The number of nitrogens with one attached hydrogen (secondary N) is 1. The van der Waals surface area contributed by atoms with E-state index in [0.717, 1.165) is 5.56 Å². The number of halogens is 2. The minimum absolute atomic E-state index is 0.0680. The second-order valence-electron chi connectivity index (χ2n) is 6.60. The minimum atomic E-state index is -0.553. The Morgan fingerprint density at radius 1 is 1.29 bits per heavy atom. The maximum Gasteiger partial charge on any atom is 0.270 e. The van der Waals surface area contributed by atoms with Crippen molar-refractivity contribution in [3.8, 4) is 5.75 Å². The van der Waals surface area contributed by atoms with Crippen molar-refractivity contribution < 1.29 is 23.7 Å². The number of non-ortho nitro benzene ring substituents is 1. The molecule has 9 heteroatoms. The van der Waals surface area contributed by atoms with Crippen LogP contribution < -0.4 is 9.64 Å². The van der Waals surface area contributed by atoms with Gasteiger partial charge in [-0.05, 0) is 24.3 Å². The summed E-state index contributed by atoms with van der Waals surface area (Å²) in [4.78, 5) is 25.8. The maximum atomic E-state index is 13.5. The lowest BCUT2D eigenvalue weighted by atomic mass is 10.1. The van der Waals surface area contributed by atoms with Crippen LogP contribution in [0.2, 0.25) is 5.02 Å². The molecule has 7 nitrogen and oxygen atoms in total. The largest absolute Gasteiger partial charge is 0.496 e. The molecule has 1 N–H and O–H groups in total. The van der Waals surface area contributed by atoms with Crippen LogP contribution in [0.4, 0.5) is 10.1 Å². The molecule has 148 valence electrons. The van der Waals surface area contributed by atoms with Gasteiger partial charge in [0.25, 0.3) is 11.6 Å². The van der Waals surface area contributed by atoms with Gasteiger partial charge in [-0.3, -0.25) is 14.9 Å². The molecule has 1 saturated heterocycles. The molecule has 0 radical (unpaired) electrons. The van der Waals surface area contributed by atoms with Gasteiger partial charge in [-0.25, -0.2) is 4.39 Å². The monoisotopic (exact) mass is 408 g/mol. The Balaban J connectivity index is 1.63. The number of ether oxygens (including phenoxy) is 1. The first-order chi connectivity index (χ1) is 13.4. The first-order valence-electron chi connectivity index (χ1n) is 8.78. The van der Waals surface area contributed by atoms with Gasteiger partial charge in [0.1, 0.15) is 18.1 Å². The minimum Gasteiger partial charge on any atom is -0.496 e. The number of rotatable bonds is 5. The van der Waals surface area contributed by atoms with Crippen LogP contribution in [0.3, 0.4) is 0 Å². The maximum absolute atomic E-state index is 13.5. The third-order valence-corrected chi connectivity index (χ3v) is 5.15. The molecule has 1 aliphatic heterocycles. The highest BCUT2D eigenvalue weighted by Crippen LogP contribution is 2.24. The molecule has 0 saturated carbocycles. The summed E-state index contributed by atoms with van der Waals surface area (Å²) in [6.07, 6.45) is 0. The zero-order valence-corrected chi connectivity index (χ0v) is 16.0. The SMILES string of the molecule is COc1ccc(F)cc1C[NH+]1CCN(C(=O)c2ccc([N+](=O)[O-])cc2Cl)CC1. The Morgan fingerprint density at radius 2 is 2.00 bits per heavy atom. The van der Waals surface area contributed by atoms with E-state index in [9.17, 15) is 19.3 Å². The summed E-state index contributed by atoms with van der Waals surface area (Å²) in [6.45, 7) is 3.01. The van der Waals surface area contributed by atoms with E-state index < -0.39 is 4.92 Å². The van der Waals surface area contributed by atoms with Crippen molar-refractivity contribution in [2.45, 2.75) is 6.54 Å². The number of amides is 1. The molecule has 1 fully saturated rings. The van der Waals surface area contributed by atoms with E-state index in [2.05, 4.69) is 0 Å². The topological polar surface area (TPSA) is 77.1 Å². The van der Waals surface area contributed by atoms with Crippen molar-refractivity contribution in [3.63, 3.8) is 0 Å². The molecule has 1 aliphatic rings. The second kappa shape index (κ2) is 8.53. The van der Waals surface area contributed by atoms with Gasteiger partial charge < -0.3 is 14.5 Å². The molecule has 2 aromatic rings. The number of carbonyl (C=O) groups excluding carboxylic acids is 1. The van der Waals surface area contributed by atoms with Crippen LogP contribution in [0.1, 0.15) is 15.9 Å². The van der Waals surface area contributed by atoms with Crippen LogP contribution in [-0.2, 0) is 6.54 Å². The number of benzene rings is 2. The van der Waals surface area contributed by atoms with Crippen LogP contribution in [0, 0.1) is 15.9 Å². The molecule has 1 heterocycles. The Bertz CT molecular complexity index is 901. The van der Waals surface area contributed by atoms with Crippen LogP contribution in [0.15, 0.2) is 36.4 Å². The fourth-order valence-electron chi connectivity index (χ4n) is 3.32. The summed E-state index contributed by atoms with van der Waals surface area (Å²) in [7, 11) is 1.55. The quantitative estimate of drug-likeness (QED) is 0.606. The van der Waals surface area contributed by atoms with E-state index in [1.165, 1.54) is 35.2 Å². The summed E-state index contributed by atoms with van der Waals surface area (Å²) in [6, 6.07) is 8.30. The van der Waals surface area contributed by atoms with Gasteiger partial charge in [0.2, 0.25) is 0 Å². The summed E-state index contributed by atoms with van der Waals surface area (Å²) in [5.41, 5.74) is 0.887. The molecule has 0 aliphatic carbocycles. The standard InChI is InChI=1S/C19H19ClFN3O4/c1-28-18-5-2-14(21)10-13(18)12-22-6-8-23(9-7-22)19(25)16-4-3-15(24(26)27)11-17(16)20/h2-5,10-11H,6-9,12H2,1H3/p+1. The molecule has 1 amide bonds. The fraction of sp³-hybridized carbons (Fsp3) is 0.316. The number of nitro groups is 1. The van der Waals surface area contributed by atoms with E-state index in [1.807, 2.05) is 0 Å². The van der Waals surface area contributed by atoms with Crippen LogP contribution >= 0.6 is 11.6 Å². The highest BCUT2D eigenvalue weighted by molar-refractivity contribution is 6.34. The second-order valence-corrected chi connectivity index (χ2v) is 7.00. The fourth-order valence-corrected chi connectivity index (χ4v) is 3.57. The highest BCUT2D eigenvalue weighted by Gasteiger charge is 2.27. The number of methoxy groups -OCH3 is 1. The predicted octanol–water partition coefficient (Wildman–Crippen LogP) is 1.94. The lowest BCUT2D eigenvalue weighted by Crippen LogP contribution is -3.13. The Morgan fingerprint density at radius 3 is 2.61 bits per heavy atom. The Labute approximate surface area is 166 Å². The average Bonchev–Trinajstić information content (AvgIpc) is 2.68. The first-order valence-corrected chi connectivity index (χ1v) is 9.16. The predicted molar refractivity (Wildman–Crippen MR) is 101 cm³/mol. The summed E-state index contributed by atoms with van der Waals surface area (Å²) < 4.78 is 18.8. The van der Waals surface area contributed by atoms with Crippen LogP contribution in [0.25, 0.3) is 0 Å². The third-order valence-electron chi connectivity index (χ3n) is 4.83. The molecule has 2 aromatic carbocycles. The molecule has 0 bridgehead atoms. The molecule has 0 aromatic heterocycles. The van der Waals surface area contributed by atoms with E-state index in [1.54, 1.807) is 18.1 Å². The number of nitrogens with zero attached hydrogens (tertiary/aromatic N) is 2. The van der Waals surface area contributed by atoms with E-state index in [4.69, 9.17) is 16.3 Å². The molecule has 0 spiro atoms. The summed E-state index contributed by atoms with van der Waals surface area (Å²) in [5.74, 6) is 0.0872. The molecule has 3 rings (SSSR count). The number of hydrogen-bond acceptors (Lipinski definition) is 4. The number of nitro benzene ring substituents is 1. The Hall–Kier alpha value is -2.71. The molecule has 28 heavy (non-hydrogen) atoms. The highest BCUT2D eigenvalue weighted by atomic mass is 35.5. The van der Waals surface area contributed by atoms with Crippen molar-refractivity contribution in [2.24, 2.45) is 0 Å². The average molecular weight is 409 g/mol. The van der Waals surface area contributed by atoms with Crippen LogP contribution in [-0.4, -0.2) is 49.0 Å². The molecule has 0 atom stereocenters. The van der Waals surface area contributed by atoms with Gasteiger partial charge in [0.05, 0.1) is 54.4 Å². The number of hydrogen-bond donors (Lipinski definition) is 1. The van der Waals surface area contributed by atoms with Gasteiger partial charge in [0, 0.05) is 12.1 Å². The lowest BCUT2D eigenvalue weighted by Gasteiger charge is -2.32. The van der Waals surface area contributed by atoms with Gasteiger partial charge in [-0.15, -0.1) is 0 Å². The van der Waals surface area contributed by atoms with Crippen molar-refractivity contribution in [2.75, 3.05) is 33.3 Å². The van der Waals surface area contributed by atoms with Gasteiger partial charge in [0.15, 0.2) is 0 Å². The Kier molecular flexibility index (Phi) is 6.11. The van der Waals surface area contributed by atoms with E-state index >= 15 is 0 Å². The first kappa shape index (κ1) is 20.0. The van der Waals surface area contributed by atoms with Gasteiger partial charge >= 0.3 is 0 Å². The van der Waals surface area contributed by atoms with E-state index in [0.29, 0.717) is 38.5 Å². The smallest absolute Gasteiger partial charge is 0.270 e.